The van der Waals surface area contributed by atoms with Crippen molar-refractivity contribution in [3.63, 3.8) is 0 Å². The van der Waals surface area contributed by atoms with Crippen molar-refractivity contribution in [2.45, 2.75) is 19.5 Å². The van der Waals surface area contributed by atoms with Crippen LogP contribution in [0, 0.1) is 4.77 Å². The third-order valence-corrected chi connectivity index (χ3v) is 3.65. The Bertz CT molecular complexity index is 804. The summed E-state index contributed by atoms with van der Waals surface area (Å²) in [6, 6.07) is 3.07. The molecule has 2 aromatic rings. The largest absolute Gasteiger partial charge is 0.475 e. The molecular weight excluding hydrogens is 294 g/mol. The smallest absolute Gasteiger partial charge is 0.371 e. The van der Waals surface area contributed by atoms with Crippen molar-refractivity contribution in [2.24, 2.45) is 0 Å². The van der Waals surface area contributed by atoms with E-state index in [0.717, 1.165) is 12.2 Å². The molecule has 0 spiro atoms. The van der Waals surface area contributed by atoms with E-state index < -0.39 is 5.97 Å². The maximum absolute atomic E-state index is 11.9. The van der Waals surface area contributed by atoms with Gasteiger partial charge in [-0.15, -0.1) is 0 Å². The molecule has 0 aromatic carbocycles. The third-order valence-electron chi connectivity index (χ3n) is 3.44. The van der Waals surface area contributed by atoms with E-state index in [0.29, 0.717) is 35.6 Å². The van der Waals surface area contributed by atoms with Gasteiger partial charge in [-0.05, 0) is 24.4 Å². The summed E-state index contributed by atoms with van der Waals surface area (Å²) in [7, 11) is 0. The Labute approximate surface area is 124 Å². The topological polar surface area (TPSA) is 102 Å². The Morgan fingerprint density at radius 3 is 2.95 bits per heavy atom. The van der Waals surface area contributed by atoms with Crippen LogP contribution in [-0.2, 0) is 19.5 Å². The molecule has 8 heteroatoms. The Hall–Kier alpha value is -2.19. The first-order chi connectivity index (χ1) is 10.0. The van der Waals surface area contributed by atoms with Crippen LogP contribution in [0.4, 0.5) is 0 Å². The molecule has 3 N–H and O–H groups in total. The maximum atomic E-state index is 11.9. The van der Waals surface area contributed by atoms with Crippen molar-refractivity contribution in [1.29, 1.82) is 0 Å². The van der Waals surface area contributed by atoms with E-state index in [9.17, 15) is 9.59 Å². The number of nitrogens with one attached hydrogen (secondary N) is 2. The summed E-state index contributed by atoms with van der Waals surface area (Å²) >= 11 is 4.95. The highest BCUT2D eigenvalue weighted by Crippen LogP contribution is 2.17. The summed E-state index contributed by atoms with van der Waals surface area (Å²) < 4.78 is 5.57. The second-order valence-corrected chi connectivity index (χ2v) is 5.31. The zero-order chi connectivity index (χ0) is 15.0. The Balaban J connectivity index is 1.78. The van der Waals surface area contributed by atoms with Gasteiger partial charge in [0.05, 0.1) is 12.1 Å². The standard InChI is InChI=1S/C13H13N3O4S/c17-11-8-6-16(4-3-9(8)14-13(21)15-11)5-7-1-2-10(20-7)12(18)19/h1-2H,3-6H2,(H,18,19)(H2,14,15,17,21). The first-order valence-electron chi connectivity index (χ1n) is 6.41. The average Bonchev–Trinajstić information content (AvgIpc) is 2.88. The van der Waals surface area contributed by atoms with Crippen molar-refractivity contribution >= 4 is 18.2 Å². The molecule has 2 aromatic heterocycles. The monoisotopic (exact) mass is 307 g/mol. The molecule has 0 unspecified atom stereocenters. The SMILES string of the molecule is O=C(O)c1ccc(CN2CCc3[nH]c(=S)[nH]c(=O)c3C2)o1. The summed E-state index contributed by atoms with van der Waals surface area (Å²) in [6.07, 6.45) is 0.690. The lowest BCUT2D eigenvalue weighted by molar-refractivity contribution is 0.0658. The lowest BCUT2D eigenvalue weighted by Gasteiger charge is -2.26. The number of carbonyl (C=O) groups is 1. The minimum absolute atomic E-state index is 0.0793. The number of fused-ring (bicyclic) bond motifs is 1. The van der Waals surface area contributed by atoms with E-state index in [-0.39, 0.29) is 11.3 Å². The van der Waals surface area contributed by atoms with Crippen molar-refractivity contribution in [3.8, 4) is 0 Å². The zero-order valence-corrected chi connectivity index (χ0v) is 11.8. The van der Waals surface area contributed by atoms with Gasteiger partial charge in [-0.25, -0.2) is 4.79 Å². The predicted octanol–water partition coefficient (Wildman–Crippen LogP) is 1.28. The molecule has 21 heavy (non-hydrogen) atoms. The molecule has 0 saturated carbocycles. The molecule has 0 amide bonds. The number of hydrogen-bond donors (Lipinski definition) is 3. The van der Waals surface area contributed by atoms with E-state index in [1.165, 1.54) is 6.07 Å². The third kappa shape index (κ3) is 2.81. The number of carboxylic acids is 1. The summed E-state index contributed by atoms with van der Waals surface area (Å²) in [5.74, 6) is -0.602. The fourth-order valence-electron chi connectivity index (χ4n) is 2.45. The van der Waals surface area contributed by atoms with E-state index in [1.807, 2.05) is 4.90 Å². The van der Waals surface area contributed by atoms with Gasteiger partial charge in [-0.3, -0.25) is 14.7 Å². The van der Waals surface area contributed by atoms with Gasteiger partial charge < -0.3 is 14.5 Å². The molecular formula is C13H13N3O4S. The summed E-state index contributed by atoms with van der Waals surface area (Å²) in [5.41, 5.74) is 1.36. The van der Waals surface area contributed by atoms with E-state index in [4.69, 9.17) is 21.7 Å². The average molecular weight is 307 g/mol. The molecule has 110 valence electrons. The molecule has 0 saturated heterocycles. The van der Waals surface area contributed by atoms with Gasteiger partial charge in [-0.1, -0.05) is 0 Å². The molecule has 0 aliphatic carbocycles. The van der Waals surface area contributed by atoms with Crippen molar-refractivity contribution in [2.75, 3.05) is 6.54 Å². The van der Waals surface area contributed by atoms with Crippen LogP contribution in [0.5, 0.6) is 0 Å². The molecule has 0 bridgehead atoms. The van der Waals surface area contributed by atoms with Crippen molar-refractivity contribution in [1.82, 2.24) is 14.9 Å². The lowest BCUT2D eigenvalue weighted by Crippen LogP contribution is -2.35. The molecule has 0 atom stereocenters. The fraction of sp³-hybridized carbons (Fsp3) is 0.308. The normalized spacial score (nSPS) is 14.9. The van der Waals surface area contributed by atoms with E-state index in [1.54, 1.807) is 6.07 Å². The molecule has 3 heterocycles. The van der Waals surface area contributed by atoms with E-state index >= 15 is 0 Å². The predicted molar refractivity (Wildman–Crippen MR) is 75.7 cm³/mol. The first-order valence-corrected chi connectivity index (χ1v) is 6.82. The highest BCUT2D eigenvalue weighted by atomic mass is 32.1. The van der Waals surface area contributed by atoms with Gasteiger partial charge >= 0.3 is 5.97 Å². The van der Waals surface area contributed by atoms with Gasteiger partial charge in [0, 0.05) is 25.2 Å². The first kappa shape index (κ1) is 13.8. The Morgan fingerprint density at radius 1 is 1.43 bits per heavy atom. The second kappa shape index (κ2) is 5.30. The van der Waals surface area contributed by atoms with Crippen LogP contribution in [0.1, 0.15) is 27.6 Å². The van der Waals surface area contributed by atoms with Crippen LogP contribution in [0.3, 0.4) is 0 Å². The van der Waals surface area contributed by atoms with Crippen LogP contribution >= 0.6 is 12.2 Å². The maximum Gasteiger partial charge on any atom is 0.371 e. The quantitative estimate of drug-likeness (QED) is 0.738. The number of furan rings is 1. The number of aromatic nitrogens is 2. The Kier molecular flexibility index (Phi) is 3.48. The van der Waals surface area contributed by atoms with Crippen molar-refractivity contribution < 1.29 is 14.3 Å². The van der Waals surface area contributed by atoms with Gasteiger partial charge in [0.25, 0.3) is 5.56 Å². The molecule has 3 rings (SSSR count). The number of aromatic carboxylic acids is 1. The van der Waals surface area contributed by atoms with Crippen LogP contribution < -0.4 is 5.56 Å². The molecule has 1 aliphatic rings. The molecule has 7 nitrogen and oxygen atoms in total. The van der Waals surface area contributed by atoms with E-state index in [2.05, 4.69) is 9.97 Å². The highest BCUT2D eigenvalue weighted by Gasteiger charge is 2.21. The zero-order valence-electron chi connectivity index (χ0n) is 11.0. The number of nitrogens with zero attached hydrogens (tertiary/aromatic N) is 1. The number of aromatic amines is 2. The summed E-state index contributed by atoms with van der Waals surface area (Å²) in [4.78, 5) is 30.3. The minimum Gasteiger partial charge on any atom is -0.475 e. The summed E-state index contributed by atoms with van der Waals surface area (Å²) in [6.45, 7) is 1.67. The number of hydrogen-bond acceptors (Lipinski definition) is 5. The molecule has 0 radical (unpaired) electrons. The van der Waals surface area contributed by atoms with Crippen LogP contribution in [0.25, 0.3) is 0 Å². The number of rotatable bonds is 3. The van der Waals surface area contributed by atoms with Crippen LogP contribution in [0.15, 0.2) is 21.3 Å². The van der Waals surface area contributed by atoms with Gasteiger partial charge in [0.2, 0.25) is 5.76 Å². The molecule has 1 aliphatic heterocycles. The lowest BCUT2D eigenvalue weighted by atomic mass is 10.1. The summed E-state index contributed by atoms with van der Waals surface area (Å²) in [5, 5.41) is 8.83. The van der Waals surface area contributed by atoms with Gasteiger partial charge in [-0.2, -0.15) is 0 Å². The minimum atomic E-state index is -1.09. The van der Waals surface area contributed by atoms with Crippen LogP contribution in [0.2, 0.25) is 0 Å². The number of H-pyrrole nitrogens is 2. The number of carboxylic acid groups (broad SMARTS) is 1. The fourth-order valence-corrected chi connectivity index (χ4v) is 2.66. The van der Waals surface area contributed by atoms with Gasteiger partial charge in [0.1, 0.15) is 5.76 Å². The molecule has 0 fully saturated rings. The van der Waals surface area contributed by atoms with Crippen molar-refractivity contribution in [3.05, 3.63) is 50.0 Å². The highest BCUT2D eigenvalue weighted by molar-refractivity contribution is 7.71. The van der Waals surface area contributed by atoms with Gasteiger partial charge in [0.15, 0.2) is 4.77 Å². The van der Waals surface area contributed by atoms with Crippen LogP contribution in [-0.4, -0.2) is 32.5 Å². The Morgan fingerprint density at radius 2 is 2.24 bits per heavy atom. The second-order valence-electron chi connectivity index (χ2n) is 4.90.